The van der Waals surface area contributed by atoms with Gasteiger partial charge in [-0.15, -0.1) is 0 Å². The minimum absolute atomic E-state index is 0.00330. The maximum Gasteiger partial charge on any atom is 0.318 e. The van der Waals surface area contributed by atoms with E-state index in [1.807, 2.05) is 19.9 Å². The molecule has 0 rings (SSSR count). The first-order valence-corrected chi connectivity index (χ1v) is 5.06. The van der Waals surface area contributed by atoms with Crippen LogP contribution in [0.5, 0.6) is 0 Å². The Bertz CT molecular complexity index is 193. The van der Waals surface area contributed by atoms with Crippen molar-refractivity contribution in [2.45, 2.75) is 13.8 Å². The van der Waals surface area contributed by atoms with Gasteiger partial charge in [0.05, 0.1) is 19.8 Å². The number of hydrogen-bond donors (Lipinski definition) is 3. The average Bonchev–Trinajstić information content (AvgIpc) is 2.17. The van der Waals surface area contributed by atoms with Crippen molar-refractivity contribution < 1.29 is 14.6 Å². The van der Waals surface area contributed by atoms with Crippen molar-refractivity contribution in [2.75, 3.05) is 26.4 Å². The molecule has 5 heteroatoms. The Morgan fingerprint density at radius 2 is 2.20 bits per heavy atom. The topological polar surface area (TPSA) is 70.6 Å². The van der Waals surface area contributed by atoms with Crippen LogP contribution < -0.4 is 10.6 Å². The van der Waals surface area contributed by atoms with Crippen LogP contribution in [0.3, 0.4) is 0 Å². The van der Waals surface area contributed by atoms with E-state index in [9.17, 15) is 4.79 Å². The highest BCUT2D eigenvalue weighted by molar-refractivity contribution is 5.74. The highest BCUT2D eigenvalue weighted by atomic mass is 16.5. The number of carbonyl (C=O) groups is 1. The van der Waals surface area contributed by atoms with Crippen molar-refractivity contribution in [3.8, 4) is 0 Å². The molecular formula is C10H20N2O3. The zero-order chi connectivity index (χ0) is 11.5. The molecule has 0 aromatic carbocycles. The highest BCUT2D eigenvalue weighted by Crippen LogP contribution is 1.90. The van der Waals surface area contributed by atoms with Gasteiger partial charge in [-0.1, -0.05) is 19.9 Å². The summed E-state index contributed by atoms with van der Waals surface area (Å²) in [4.78, 5) is 11.1. The van der Waals surface area contributed by atoms with Gasteiger partial charge in [0.15, 0.2) is 0 Å². The van der Waals surface area contributed by atoms with Crippen LogP contribution >= 0.6 is 0 Å². The van der Waals surface area contributed by atoms with Gasteiger partial charge in [0.25, 0.3) is 0 Å². The summed E-state index contributed by atoms with van der Waals surface area (Å²) in [7, 11) is 0. The van der Waals surface area contributed by atoms with E-state index < -0.39 is 0 Å². The Morgan fingerprint density at radius 1 is 1.47 bits per heavy atom. The van der Waals surface area contributed by atoms with Crippen molar-refractivity contribution in [2.24, 2.45) is 5.92 Å². The van der Waals surface area contributed by atoms with Gasteiger partial charge in [-0.25, -0.2) is 4.79 Å². The highest BCUT2D eigenvalue weighted by Gasteiger charge is 1.95. The van der Waals surface area contributed by atoms with Gasteiger partial charge in [0.2, 0.25) is 0 Å². The standard InChI is InChI=1S/C10H20N2O3/c1-9(2)3-4-11-10(14)12-5-7-15-8-6-13/h3-4,9,13H,5-8H2,1-2H3,(H2,11,12,14)/b4-3+. The lowest BCUT2D eigenvalue weighted by Gasteiger charge is -2.05. The van der Waals surface area contributed by atoms with Crippen LogP contribution in [0.15, 0.2) is 12.3 Å². The molecule has 88 valence electrons. The molecule has 0 saturated heterocycles. The number of urea groups is 1. The Morgan fingerprint density at radius 3 is 2.80 bits per heavy atom. The Hall–Kier alpha value is -1.07. The third kappa shape index (κ3) is 10.9. The lowest BCUT2D eigenvalue weighted by atomic mass is 10.2. The molecule has 0 aromatic heterocycles. The monoisotopic (exact) mass is 216 g/mol. The molecule has 0 radical (unpaired) electrons. The van der Waals surface area contributed by atoms with Crippen molar-refractivity contribution in [3.63, 3.8) is 0 Å². The quantitative estimate of drug-likeness (QED) is 0.542. The number of ether oxygens (including phenoxy) is 1. The van der Waals surface area contributed by atoms with Crippen molar-refractivity contribution in [1.29, 1.82) is 0 Å². The van der Waals surface area contributed by atoms with Gasteiger partial charge in [0, 0.05) is 12.7 Å². The third-order valence-electron chi connectivity index (χ3n) is 1.46. The lowest BCUT2D eigenvalue weighted by Crippen LogP contribution is -2.34. The fraction of sp³-hybridized carbons (Fsp3) is 0.700. The van der Waals surface area contributed by atoms with Crippen LogP contribution in [0.2, 0.25) is 0 Å². The maximum atomic E-state index is 11.1. The summed E-state index contributed by atoms with van der Waals surface area (Å²) in [6, 6.07) is -0.250. The smallest absolute Gasteiger partial charge is 0.318 e. The van der Waals surface area contributed by atoms with E-state index in [0.717, 1.165) is 0 Å². The molecule has 0 aliphatic heterocycles. The molecule has 5 nitrogen and oxygen atoms in total. The molecule has 0 unspecified atom stereocenters. The number of aliphatic hydroxyl groups is 1. The number of hydrogen-bond acceptors (Lipinski definition) is 3. The molecular weight excluding hydrogens is 196 g/mol. The van der Waals surface area contributed by atoms with Crippen LogP contribution in [-0.2, 0) is 4.74 Å². The molecule has 0 aliphatic carbocycles. The molecule has 15 heavy (non-hydrogen) atoms. The van der Waals surface area contributed by atoms with Gasteiger partial charge in [-0.2, -0.15) is 0 Å². The third-order valence-corrected chi connectivity index (χ3v) is 1.46. The van der Waals surface area contributed by atoms with E-state index in [1.54, 1.807) is 6.20 Å². The summed E-state index contributed by atoms with van der Waals surface area (Å²) in [6.45, 7) is 5.20. The molecule has 0 fully saturated rings. The number of amides is 2. The summed E-state index contributed by atoms with van der Waals surface area (Å²) < 4.78 is 4.97. The Labute approximate surface area is 90.5 Å². The zero-order valence-corrected chi connectivity index (χ0v) is 9.32. The van der Waals surface area contributed by atoms with Crippen LogP contribution in [0.4, 0.5) is 4.79 Å². The fourth-order valence-corrected chi connectivity index (χ4v) is 0.771. The van der Waals surface area contributed by atoms with E-state index in [0.29, 0.717) is 25.7 Å². The normalized spacial score (nSPS) is 10.9. The molecule has 2 amide bonds. The predicted molar refractivity (Wildman–Crippen MR) is 58.4 cm³/mol. The van der Waals surface area contributed by atoms with E-state index in [2.05, 4.69) is 10.6 Å². The summed E-state index contributed by atoms with van der Waals surface area (Å²) in [6.07, 6.45) is 3.51. The first-order valence-electron chi connectivity index (χ1n) is 5.06. The molecule has 0 heterocycles. The molecule has 0 saturated carbocycles. The number of rotatable bonds is 7. The predicted octanol–water partition coefficient (Wildman–Crippen LogP) is 0.464. The van der Waals surface area contributed by atoms with E-state index in [1.165, 1.54) is 0 Å². The van der Waals surface area contributed by atoms with Gasteiger partial charge >= 0.3 is 6.03 Å². The minimum Gasteiger partial charge on any atom is -0.394 e. The number of carbonyl (C=O) groups excluding carboxylic acids is 1. The van der Waals surface area contributed by atoms with Gasteiger partial charge < -0.3 is 20.5 Å². The van der Waals surface area contributed by atoms with E-state index in [-0.39, 0.29) is 12.6 Å². The molecule has 0 aliphatic rings. The van der Waals surface area contributed by atoms with Gasteiger partial charge in [-0.3, -0.25) is 0 Å². The molecule has 0 aromatic rings. The maximum absolute atomic E-state index is 11.1. The van der Waals surface area contributed by atoms with E-state index in [4.69, 9.17) is 9.84 Å². The van der Waals surface area contributed by atoms with Crippen LogP contribution in [-0.4, -0.2) is 37.5 Å². The summed E-state index contributed by atoms with van der Waals surface area (Å²) in [5, 5.41) is 13.6. The first-order chi connectivity index (χ1) is 7.16. The number of aliphatic hydroxyl groups excluding tert-OH is 1. The summed E-state index contributed by atoms with van der Waals surface area (Å²) in [5.41, 5.74) is 0. The minimum atomic E-state index is -0.250. The van der Waals surface area contributed by atoms with Gasteiger partial charge in [0.1, 0.15) is 0 Å². The summed E-state index contributed by atoms with van der Waals surface area (Å²) in [5.74, 6) is 0.415. The number of allylic oxidation sites excluding steroid dienone is 1. The second-order valence-corrected chi connectivity index (χ2v) is 3.34. The van der Waals surface area contributed by atoms with Crippen molar-refractivity contribution in [3.05, 3.63) is 12.3 Å². The van der Waals surface area contributed by atoms with Crippen LogP contribution in [0.1, 0.15) is 13.8 Å². The number of nitrogens with one attached hydrogen (secondary N) is 2. The van der Waals surface area contributed by atoms with Crippen molar-refractivity contribution >= 4 is 6.03 Å². The average molecular weight is 216 g/mol. The SMILES string of the molecule is CC(C)/C=C/NC(=O)NCCOCCO. The first kappa shape index (κ1) is 13.9. The fourth-order valence-electron chi connectivity index (χ4n) is 0.771. The van der Waals surface area contributed by atoms with Crippen molar-refractivity contribution in [1.82, 2.24) is 10.6 Å². The lowest BCUT2D eigenvalue weighted by molar-refractivity contribution is 0.0948. The largest absolute Gasteiger partial charge is 0.394 e. The van der Waals surface area contributed by atoms with E-state index >= 15 is 0 Å². The second kappa shape index (κ2) is 9.48. The van der Waals surface area contributed by atoms with Crippen LogP contribution in [0.25, 0.3) is 0 Å². The molecule has 0 spiro atoms. The second-order valence-electron chi connectivity index (χ2n) is 3.34. The zero-order valence-electron chi connectivity index (χ0n) is 9.32. The molecule has 3 N–H and O–H groups in total. The Balaban J connectivity index is 3.33. The van der Waals surface area contributed by atoms with Crippen LogP contribution in [0, 0.1) is 5.92 Å². The summed E-state index contributed by atoms with van der Waals surface area (Å²) >= 11 is 0. The Kier molecular flexibility index (Phi) is 8.81. The van der Waals surface area contributed by atoms with Gasteiger partial charge in [-0.05, 0) is 5.92 Å². The molecule has 0 atom stereocenters. The molecule has 0 bridgehead atoms.